The van der Waals surface area contributed by atoms with Gasteiger partial charge in [-0.05, 0) is 0 Å². The van der Waals surface area contributed by atoms with Gasteiger partial charge >= 0.3 is 0 Å². The summed E-state index contributed by atoms with van der Waals surface area (Å²) in [5.74, 6) is -0.0691. The molecule has 80 valence electrons. The van der Waals surface area contributed by atoms with Gasteiger partial charge in [-0.15, -0.1) is 11.3 Å². The van der Waals surface area contributed by atoms with E-state index < -0.39 is 0 Å². The predicted octanol–water partition coefficient (Wildman–Crippen LogP) is -0.490. The van der Waals surface area contributed by atoms with Crippen LogP contribution in [0.5, 0.6) is 0 Å². The maximum absolute atomic E-state index is 11.4. The van der Waals surface area contributed by atoms with Crippen LogP contribution in [0.25, 0.3) is 0 Å². The highest BCUT2D eigenvalue weighted by Gasteiger charge is 2.10. The molecule has 0 aliphatic heterocycles. The van der Waals surface area contributed by atoms with Gasteiger partial charge in [0.25, 0.3) is 5.91 Å². The van der Waals surface area contributed by atoms with E-state index in [1.165, 1.54) is 11.3 Å². The van der Waals surface area contributed by atoms with E-state index in [0.29, 0.717) is 24.6 Å². The number of nitrogens with zero attached hydrogens (tertiary/aromatic N) is 2. The third kappa shape index (κ3) is 4.54. The maximum Gasteiger partial charge on any atom is 0.281 e. The molecular formula is C9H13N4OS+. The van der Waals surface area contributed by atoms with Crippen LogP contribution in [-0.4, -0.2) is 31.0 Å². The van der Waals surface area contributed by atoms with Gasteiger partial charge in [0.1, 0.15) is 0 Å². The Labute approximate surface area is 92.3 Å². The lowest BCUT2D eigenvalue weighted by Gasteiger charge is -2.10. The topological polar surface area (TPSA) is 70.2 Å². The number of carbonyl (C=O) groups is 1. The highest BCUT2D eigenvalue weighted by atomic mass is 32.1. The van der Waals surface area contributed by atoms with Gasteiger partial charge in [-0.3, -0.25) is 10.1 Å². The summed E-state index contributed by atoms with van der Waals surface area (Å²) >= 11 is 1.39. The standard InChI is InChI=1S/C9H12N4OS/c1-13(5-2-3-10)7-8(14)12-9-11-4-6-15-9/h4,6H,2,5,7H2,1H3,(H,11,12,14)/p+1. The average Bonchev–Trinajstić information content (AvgIpc) is 2.67. The van der Waals surface area contributed by atoms with Crippen molar-refractivity contribution < 1.29 is 9.69 Å². The third-order valence-electron chi connectivity index (χ3n) is 1.80. The van der Waals surface area contributed by atoms with Gasteiger partial charge in [0.15, 0.2) is 11.7 Å². The molecule has 6 heteroatoms. The molecule has 1 aromatic rings. The van der Waals surface area contributed by atoms with E-state index >= 15 is 0 Å². The van der Waals surface area contributed by atoms with Gasteiger partial charge < -0.3 is 4.90 Å². The number of carbonyl (C=O) groups excluding carboxylic acids is 1. The number of anilines is 1. The van der Waals surface area contributed by atoms with Crippen LogP contribution in [-0.2, 0) is 4.79 Å². The first-order valence-electron chi connectivity index (χ1n) is 4.60. The average molecular weight is 225 g/mol. The summed E-state index contributed by atoms with van der Waals surface area (Å²) in [5.41, 5.74) is 0. The largest absolute Gasteiger partial charge is 0.329 e. The normalized spacial score (nSPS) is 11.7. The molecule has 0 aliphatic carbocycles. The number of thiazole rings is 1. The molecule has 0 radical (unpaired) electrons. The number of nitriles is 1. The lowest BCUT2D eigenvalue weighted by Crippen LogP contribution is -3.10. The summed E-state index contributed by atoms with van der Waals surface area (Å²) in [6.07, 6.45) is 2.11. The molecule has 1 atom stereocenters. The second-order valence-electron chi connectivity index (χ2n) is 3.18. The van der Waals surface area contributed by atoms with Gasteiger partial charge in [0, 0.05) is 11.6 Å². The van der Waals surface area contributed by atoms with Crippen molar-refractivity contribution in [1.29, 1.82) is 5.26 Å². The molecule has 2 N–H and O–H groups in total. The van der Waals surface area contributed by atoms with Crippen LogP contribution >= 0.6 is 11.3 Å². The van der Waals surface area contributed by atoms with Crippen LogP contribution in [0.3, 0.4) is 0 Å². The molecule has 0 aliphatic rings. The van der Waals surface area contributed by atoms with Crippen molar-refractivity contribution in [1.82, 2.24) is 4.98 Å². The van der Waals surface area contributed by atoms with Crippen LogP contribution < -0.4 is 10.2 Å². The minimum Gasteiger partial charge on any atom is -0.329 e. The van der Waals surface area contributed by atoms with Gasteiger partial charge in [0.05, 0.1) is 26.1 Å². The fourth-order valence-electron chi connectivity index (χ4n) is 1.08. The first-order valence-corrected chi connectivity index (χ1v) is 5.48. The minimum atomic E-state index is -0.0691. The summed E-state index contributed by atoms with van der Waals surface area (Å²) in [6.45, 7) is 1.04. The van der Waals surface area contributed by atoms with Gasteiger partial charge in [-0.25, -0.2) is 4.98 Å². The quantitative estimate of drug-likeness (QED) is 0.710. The van der Waals surface area contributed by atoms with Crippen LogP contribution in [0.4, 0.5) is 5.13 Å². The Bertz CT molecular complexity index is 343. The second kappa shape index (κ2) is 6.11. The predicted molar refractivity (Wildman–Crippen MR) is 57.6 cm³/mol. The van der Waals surface area contributed by atoms with Crippen molar-refractivity contribution in [3.8, 4) is 6.07 Å². The van der Waals surface area contributed by atoms with Crippen molar-refractivity contribution in [3.63, 3.8) is 0 Å². The zero-order valence-electron chi connectivity index (χ0n) is 8.49. The van der Waals surface area contributed by atoms with Crippen molar-refractivity contribution in [2.45, 2.75) is 6.42 Å². The molecular weight excluding hydrogens is 212 g/mol. The number of quaternary nitrogens is 1. The highest BCUT2D eigenvalue weighted by molar-refractivity contribution is 7.13. The molecule has 0 aromatic carbocycles. The van der Waals surface area contributed by atoms with E-state index in [-0.39, 0.29) is 5.91 Å². The van der Waals surface area contributed by atoms with Gasteiger partial charge in [-0.1, -0.05) is 0 Å². The van der Waals surface area contributed by atoms with Gasteiger partial charge in [0.2, 0.25) is 0 Å². The van der Waals surface area contributed by atoms with Crippen molar-refractivity contribution >= 4 is 22.4 Å². The molecule has 1 amide bonds. The molecule has 1 heterocycles. The first kappa shape index (κ1) is 11.6. The summed E-state index contributed by atoms with van der Waals surface area (Å²) in [4.78, 5) is 16.4. The van der Waals surface area contributed by atoms with Crippen molar-refractivity contribution in [2.75, 3.05) is 25.5 Å². The van der Waals surface area contributed by atoms with Crippen LogP contribution in [0.2, 0.25) is 0 Å². The number of aromatic nitrogens is 1. The fourth-order valence-corrected chi connectivity index (χ4v) is 1.63. The molecule has 0 bridgehead atoms. The summed E-state index contributed by atoms with van der Waals surface area (Å²) < 4.78 is 0. The molecule has 0 saturated heterocycles. The zero-order valence-corrected chi connectivity index (χ0v) is 9.30. The number of hydrogen-bond donors (Lipinski definition) is 2. The van der Waals surface area contributed by atoms with E-state index in [2.05, 4.69) is 16.4 Å². The Kier molecular flexibility index (Phi) is 4.74. The molecule has 1 rings (SSSR count). The Morgan fingerprint density at radius 3 is 3.20 bits per heavy atom. The van der Waals surface area contributed by atoms with E-state index in [9.17, 15) is 4.79 Å². The number of amides is 1. The Morgan fingerprint density at radius 1 is 1.80 bits per heavy atom. The smallest absolute Gasteiger partial charge is 0.281 e. The van der Waals surface area contributed by atoms with E-state index in [0.717, 1.165) is 4.90 Å². The third-order valence-corrected chi connectivity index (χ3v) is 2.49. The van der Waals surface area contributed by atoms with E-state index in [1.807, 2.05) is 12.4 Å². The summed E-state index contributed by atoms with van der Waals surface area (Å²) in [5, 5.41) is 13.5. The molecule has 0 saturated carbocycles. The molecule has 15 heavy (non-hydrogen) atoms. The number of likely N-dealkylation sites (N-methyl/N-ethyl adjacent to an activating group) is 1. The molecule has 0 spiro atoms. The Balaban J connectivity index is 2.27. The lowest BCUT2D eigenvalue weighted by atomic mass is 10.4. The maximum atomic E-state index is 11.4. The summed E-state index contributed by atoms with van der Waals surface area (Å²) in [7, 11) is 1.89. The van der Waals surface area contributed by atoms with E-state index in [4.69, 9.17) is 5.26 Å². The molecule has 1 aromatic heterocycles. The number of hydrogen-bond acceptors (Lipinski definition) is 4. The molecule has 5 nitrogen and oxygen atoms in total. The fraction of sp³-hybridized carbons (Fsp3) is 0.444. The van der Waals surface area contributed by atoms with Gasteiger partial charge in [-0.2, -0.15) is 5.26 Å². The van der Waals surface area contributed by atoms with Crippen LogP contribution in [0.1, 0.15) is 6.42 Å². The van der Waals surface area contributed by atoms with Crippen LogP contribution in [0.15, 0.2) is 11.6 Å². The number of rotatable bonds is 5. The van der Waals surface area contributed by atoms with Crippen molar-refractivity contribution in [3.05, 3.63) is 11.6 Å². The molecule has 0 fully saturated rings. The Hall–Kier alpha value is -1.45. The highest BCUT2D eigenvalue weighted by Crippen LogP contribution is 2.09. The lowest BCUT2D eigenvalue weighted by molar-refractivity contribution is -0.870. The molecule has 1 unspecified atom stereocenters. The second-order valence-corrected chi connectivity index (χ2v) is 4.07. The summed E-state index contributed by atoms with van der Waals surface area (Å²) in [6, 6.07) is 2.05. The SMILES string of the molecule is C[NH+](CCC#N)CC(=O)Nc1nccs1. The van der Waals surface area contributed by atoms with Crippen molar-refractivity contribution in [2.24, 2.45) is 0 Å². The number of nitrogens with one attached hydrogen (secondary N) is 2. The minimum absolute atomic E-state index is 0.0691. The monoisotopic (exact) mass is 225 g/mol. The first-order chi connectivity index (χ1) is 7.22. The van der Waals surface area contributed by atoms with Crippen LogP contribution in [0, 0.1) is 11.3 Å². The Morgan fingerprint density at radius 2 is 2.60 bits per heavy atom. The van der Waals surface area contributed by atoms with E-state index in [1.54, 1.807) is 6.20 Å². The zero-order chi connectivity index (χ0) is 11.1.